The van der Waals surface area contributed by atoms with Gasteiger partial charge in [-0.15, -0.1) is 0 Å². The number of amides is 1. The van der Waals surface area contributed by atoms with Crippen molar-refractivity contribution in [3.8, 4) is 11.1 Å². The maximum atomic E-state index is 11.1. The molecule has 2 heterocycles. The number of primary amides is 1. The highest BCUT2D eigenvalue weighted by Crippen LogP contribution is 2.20. The first-order valence-electron chi connectivity index (χ1n) is 4.44. The summed E-state index contributed by atoms with van der Waals surface area (Å²) in [5, 5.41) is 0. The van der Waals surface area contributed by atoms with Crippen LogP contribution in [-0.4, -0.2) is 15.9 Å². The first-order valence-corrected chi connectivity index (χ1v) is 4.44. The van der Waals surface area contributed by atoms with Crippen molar-refractivity contribution in [2.75, 3.05) is 0 Å². The molecule has 0 saturated heterocycles. The molecule has 2 rings (SSSR count). The second kappa shape index (κ2) is 3.88. The van der Waals surface area contributed by atoms with E-state index in [1.54, 1.807) is 36.8 Å². The van der Waals surface area contributed by atoms with Crippen LogP contribution in [0.4, 0.5) is 0 Å². The van der Waals surface area contributed by atoms with Crippen molar-refractivity contribution in [1.29, 1.82) is 0 Å². The minimum absolute atomic E-state index is 0.269. The van der Waals surface area contributed by atoms with Crippen molar-refractivity contribution in [2.24, 2.45) is 5.73 Å². The van der Waals surface area contributed by atoms with Gasteiger partial charge in [0.1, 0.15) is 5.69 Å². The van der Waals surface area contributed by atoms with Crippen molar-refractivity contribution in [3.05, 3.63) is 48.5 Å². The van der Waals surface area contributed by atoms with E-state index in [4.69, 9.17) is 5.73 Å². The normalized spacial score (nSPS) is 9.87. The molecule has 15 heavy (non-hydrogen) atoms. The quantitative estimate of drug-likeness (QED) is 0.791. The van der Waals surface area contributed by atoms with E-state index in [9.17, 15) is 4.79 Å². The van der Waals surface area contributed by atoms with Crippen molar-refractivity contribution >= 4 is 5.91 Å². The summed E-state index contributed by atoms with van der Waals surface area (Å²) in [4.78, 5) is 19.1. The van der Waals surface area contributed by atoms with Gasteiger partial charge in [0, 0.05) is 29.7 Å². The number of nitrogens with zero attached hydrogens (tertiary/aromatic N) is 2. The van der Waals surface area contributed by atoms with E-state index >= 15 is 0 Å². The SMILES string of the molecule is NC(=O)c1ncccc1-c1cccnc1. The highest BCUT2D eigenvalue weighted by atomic mass is 16.1. The van der Waals surface area contributed by atoms with Crippen LogP contribution in [-0.2, 0) is 0 Å². The molecule has 0 bridgehead atoms. The van der Waals surface area contributed by atoms with E-state index in [1.165, 1.54) is 0 Å². The van der Waals surface area contributed by atoms with Crippen LogP contribution in [0.2, 0.25) is 0 Å². The van der Waals surface area contributed by atoms with Gasteiger partial charge >= 0.3 is 0 Å². The Morgan fingerprint density at radius 1 is 1.20 bits per heavy atom. The minimum Gasteiger partial charge on any atom is -0.364 e. The lowest BCUT2D eigenvalue weighted by Gasteiger charge is -2.04. The fourth-order valence-electron chi connectivity index (χ4n) is 1.36. The molecular weight excluding hydrogens is 190 g/mol. The van der Waals surface area contributed by atoms with Crippen LogP contribution in [0.3, 0.4) is 0 Å². The predicted molar refractivity (Wildman–Crippen MR) is 56.0 cm³/mol. The largest absolute Gasteiger partial charge is 0.364 e. The number of carbonyl (C=O) groups excluding carboxylic acids is 1. The zero-order chi connectivity index (χ0) is 10.7. The van der Waals surface area contributed by atoms with Crippen LogP contribution in [0.15, 0.2) is 42.9 Å². The number of carbonyl (C=O) groups is 1. The number of nitrogens with two attached hydrogens (primary N) is 1. The van der Waals surface area contributed by atoms with Crippen molar-refractivity contribution in [3.63, 3.8) is 0 Å². The third-order valence-electron chi connectivity index (χ3n) is 2.01. The number of rotatable bonds is 2. The van der Waals surface area contributed by atoms with Crippen LogP contribution in [0.5, 0.6) is 0 Å². The van der Waals surface area contributed by atoms with Crippen LogP contribution < -0.4 is 5.73 Å². The van der Waals surface area contributed by atoms with E-state index in [0.717, 1.165) is 5.56 Å². The van der Waals surface area contributed by atoms with Gasteiger partial charge in [-0.3, -0.25) is 14.8 Å². The summed E-state index contributed by atoms with van der Waals surface area (Å²) in [6.07, 6.45) is 4.88. The summed E-state index contributed by atoms with van der Waals surface area (Å²) in [5.74, 6) is -0.533. The Kier molecular flexibility index (Phi) is 2.41. The molecule has 74 valence electrons. The maximum absolute atomic E-state index is 11.1. The van der Waals surface area contributed by atoms with Gasteiger partial charge < -0.3 is 5.73 Å². The summed E-state index contributed by atoms with van der Waals surface area (Å²) >= 11 is 0. The van der Waals surface area contributed by atoms with Gasteiger partial charge in [0.05, 0.1) is 0 Å². The molecule has 2 N–H and O–H groups in total. The Hall–Kier alpha value is -2.23. The molecule has 2 aromatic rings. The summed E-state index contributed by atoms with van der Waals surface area (Å²) < 4.78 is 0. The number of hydrogen-bond donors (Lipinski definition) is 1. The second-order valence-electron chi connectivity index (χ2n) is 3.01. The smallest absolute Gasteiger partial charge is 0.267 e. The Bertz CT molecular complexity index is 482. The summed E-state index contributed by atoms with van der Waals surface area (Å²) in [6, 6.07) is 7.21. The molecule has 0 aliphatic carbocycles. The predicted octanol–water partition coefficient (Wildman–Crippen LogP) is 1.24. The molecule has 0 radical (unpaired) electrons. The summed E-state index contributed by atoms with van der Waals surface area (Å²) in [6.45, 7) is 0. The van der Waals surface area contributed by atoms with Crippen molar-refractivity contribution < 1.29 is 4.79 Å². The molecule has 0 aliphatic heterocycles. The number of hydrogen-bond acceptors (Lipinski definition) is 3. The summed E-state index contributed by atoms with van der Waals surface area (Å²) in [5.41, 5.74) is 7.04. The molecule has 4 nitrogen and oxygen atoms in total. The average Bonchev–Trinajstić information content (AvgIpc) is 2.30. The molecule has 0 atom stereocenters. The zero-order valence-electron chi connectivity index (χ0n) is 7.92. The van der Waals surface area contributed by atoms with Gasteiger partial charge in [0.15, 0.2) is 0 Å². The first kappa shape index (κ1) is 9.33. The molecular formula is C11H9N3O. The topological polar surface area (TPSA) is 68.9 Å². The van der Waals surface area contributed by atoms with E-state index < -0.39 is 5.91 Å². The third kappa shape index (κ3) is 1.83. The fraction of sp³-hybridized carbons (Fsp3) is 0. The fourth-order valence-corrected chi connectivity index (χ4v) is 1.36. The number of aromatic nitrogens is 2. The zero-order valence-corrected chi connectivity index (χ0v) is 7.92. The van der Waals surface area contributed by atoms with Crippen LogP contribution in [0.1, 0.15) is 10.5 Å². The van der Waals surface area contributed by atoms with E-state index in [1.807, 2.05) is 6.07 Å². The molecule has 0 aliphatic rings. The molecule has 0 spiro atoms. The van der Waals surface area contributed by atoms with Gasteiger partial charge in [-0.2, -0.15) is 0 Å². The molecule has 1 amide bonds. The van der Waals surface area contributed by atoms with E-state index in [0.29, 0.717) is 5.56 Å². The average molecular weight is 199 g/mol. The molecule has 0 saturated carbocycles. The molecule has 0 aromatic carbocycles. The standard InChI is InChI=1S/C11H9N3O/c12-11(15)10-9(4-2-6-14-10)8-3-1-5-13-7-8/h1-7H,(H2,12,15). The Balaban J connectivity index is 2.58. The highest BCUT2D eigenvalue weighted by Gasteiger charge is 2.10. The Morgan fingerprint density at radius 3 is 2.67 bits per heavy atom. The summed E-state index contributed by atoms with van der Waals surface area (Å²) in [7, 11) is 0. The lowest BCUT2D eigenvalue weighted by Crippen LogP contribution is -2.14. The molecule has 2 aromatic heterocycles. The van der Waals surface area contributed by atoms with Crippen LogP contribution in [0, 0.1) is 0 Å². The van der Waals surface area contributed by atoms with Gasteiger partial charge in [0.25, 0.3) is 5.91 Å². The second-order valence-corrected chi connectivity index (χ2v) is 3.01. The maximum Gasteiger partial charge on any atom is 0.267 e. The van der Waals surface area contributed by atoms with Gasteiger partial charge in [-0.25, -0.2) is 0 Å². The van der Waals surface area contributed by atoms with Crippen LogP contribution in [0.25, 0.3) is 11.1 Å². The minimum atomic E-state index is -0.533. The lowest BCUT2D eigenvalue weighted by atomic mass is 10.1. The van der Waals surface area contributed by atoms with E-state index in [2.05, 4.69) is 9.97 Å². The van der Waals surface area contributed by atoms with Gasteiger partial charge in [-0.1, -0.05) is 12.1 Å². The van der Waals surface area contributed by atoms with Crippen molar-refractivity contribution in [1.82, 2.24) is 9.97 Å². The lowest BCUT2D eigenvalue weighted by molar-refractivity contribution is 0.0996. The van der Waals surface area contributed by atoms with Crippen molar-refractivity contribution in [2.45, 2.75) is 0 Å². The van der Waals surface area contributed by atoms with Gasteiger partial charge in [0.2, 0.25) is 0 Å². The highest BCUT2D eigenvalue weighted by molar-refractivity contribution is 5.97. The molecule has 0 unspecified atom stereocenters. The number of pyridine rings is 2. The monoisotopic (exact) mass is 199 g/mol. The first-order chi connectivity index (χ1) is 7.29. The Labute approximate surface area is 86.8 Å². The van der Waals surface area contributed by atoms with E-state index in [-0.39, 0.29) is 5.69 Å². The van der Waals surface area contributed by atoms with Crippen LogP contribution >= 0.6 is 0 Å². The molecule has 0 fully saturated rings. The van der Waals surface area contributed by atoms with Gasteiger partial charge in [-0.05, 0) is 12.1 Å². The Morgan fingerprint density at radius 2 is 2.00 bits per heavy atom. The molecule has 4 heteroatoms. The third-order valence-corrected chi connectivity index (χ3v) is 2.01.